The summed E-state index contributed by atoms with van der Waals surface area (Å²) in [5, 5.41) is 19.2. The molecule has 1 aliphatic heterocycles. The van der Waals surface area contributed by atoms with Crippen molar-refractivity contribution in [3.63, 3.8) is 0 Å². The standard InChI is InChI=1S/C27H24N4O2/c28-17-21-7-2-3-8-22(21)20-13-11-19(12-14-20)18-31-25-23(26(32)33)9-6-10-24(25)29-27(31)30-15-4-1-5-16-30/h2-3,6-14H,1,4-5,15-16,18H2,(H,32,33). The Kier molecular flexibility index (Phi) is 5.54. The lowest BCUT2D eigenvalue weighted by molar-refractivity contribution is 0.0698. The van der Waals surface area contributed by atoms with Gasteiger partial charge in [-0.2, -0.15) is 5.26 Å². The summed E-state index contributed by atoms with van der Waals surface area (Å²) in [6.07, 6.45) is 3.44. The van der Waals surface area contributed by atoms with E-state index in [2.05, 4.69) is 11.0 Å². The molecule has 0 saturated carbocycles. The van der Waals surface area contributed by atoms with E-state index >= 15 is 0 Å². The monoisotopic (exact) mass is 436 g/mol. The number of carboxylic acid groups (broad SMARTS) is 1. The second-order valence-corrected chi connectivity index (χ2v) is 8.38. The van der Waals surface area contributed by atoms with E-state index in [9.17, 15) is 15.2 Å². The highest BCUT2D eigenvalue weighted by atomic mass is 16.4. The van der Waals surface area contributed by atoms with Crippen LogP contribution in [0.1, 0.15) is 40.7 Å². The van der Waals surface area contributed by atoms with Crippen molar-refractivity contribution < 1.29 is 9.90 Å². The molecule has 0 amide bonds. The number of rotatable bonds is 5. The number of hydrogen-bond acceptors (Lipinski definition) is 4. The summed E-state index contributed by atoms with van der Waals surface area (Å²) in [7, 11) is 0. The Morgan fingerprint density at radius 3 is 2.45 bits per heavy atom. The first-order valence-electron chi connectivity index (χ1n) is 11.2. The number of aromatic nitrogens is 2. The van der Waals surface area contributed by atoms with Crippen LogP contribution in [0.2, 0.25) is 0 Å². The number of carboxylic acids is 1. The Bertz CT molecular complexity index is 1360. The summed E-state index contributed by atoms with van der Waals surface area (Å²) >= 11 is 0. The lowest BCUT2D eigenvalue weighted by Crippen LogP contribution is -2.32. The molecule has 1 N–H and O–H groups in total. The zero-order chi connectivity index (χ0) is 22.8. The fourth-order valence-corrected chi connectivity index (χ4v) is 4.64. The molecule has 0 spiro atoms. The molecule has 164 valence electrons. The van der Waals surface area contributed by atoms with E-state index in [1.54, 1.807) is 12.1 Å². The van der Waals surface area contributed by atoms with Gasteiger partial charge in [-0.1, -0.05) is 48.5 Å². The van der Waals surface area contributed by atoms with Crippen molar-refractivity contribution in [3.05, 3.63) is 83.4 Å². The highest BCUT2D eigenvalue weighted by Crippen LogP contribution is 2.30. The van der Waals surface area contributed by atoms with Crippen LogP contribution in [0.15, 0.2) is 66.7 Å². The van der Waals surface area contributed by atoms with Crippen LogP contribution in [0.3, 0.4) is 0 Å². The molecule has 3 aromatic carbocycles. The van der Waals surface area contributed by atoms with E-state index in [0.29, 0.717) is 23.1 Å². The minimum absolute atomic E-state index is 0.267. The molecule has 2 heterocycles. The number of carbonyl (C=O) groups is 1. The van der Waals surface area contributed by atoms with Crippen LogP contribution >= 0.6 is 0 Å². The largest absolute Gasteiger partial charge is 0.478 e. The molecule has 1 saturated heterocycles. The van der Waals surface area contributed by atoms with Gasteiger partial charge in [0, 0.05) is 13.1 Å². The first-order chi connectivity index (χ1) is 16.2. The molecule has 0 aliphatic carbocycles. The number of piperidine rings is 1. The molecule has 6 heteroatoms. The molecule has 1 fully saturated rings. The van der Waals surface area contributed by atoms with Gasteiger partial charge in [-0.15, -0.1) is 0 Å². The van der Waals surface area contributed by atoms with E-state index in [1.807, 2.05) is 59.2 Å². The summed E-state index contributed by atoms with van der Waals surface area (Å²) in [6, 6.07) is 23.2. The van der Waals surface area contributed by atoms with Crippen molar-refractivity contribution in [1.29, 1.82) is 5.26 Å². The molecule has 1 aromatic heterocycles. The third-order valence-electron chi connectivity index (χ3n) is 6.27. The Labute approximate surface area is 192 Å². The lowest BCUT2D eigenvalue weighted by Gasteiger charge is -2.28. The first-order valence-corrected chi connectivity index (χ1v) is 11.2. The maximum absolute atomic E-state index is 12.0. The van der Waals surface area contributed by atoms with Gasteiger partial charge >= 0.3 is 5.97 Å². The number of fused-ring (bicyclic) bond motifs is 1. The maximum atomic E-state index is 12.0. The number of para-hydroxylation sites is 1. The highest BCUT2D eigenvalue weighted by molar-refractivity contribution is 6.02. The fourth-order valence-electron chi connectivity index (χ4n) is 4.64. The number of nitrogens with zero attached hydrogens (tertiary/aromatic N) is 4. The molecule has 0 bridgehead atoms. The molecule has 4 aromatic rings. The van der Waals surface area contributed by atoms with Crippen LogP contribution in [0.25, 0.3) is 22.2 Å². The summed E-state index contributed by atoms with van der Waals surface area (Å²) in [5.41, 5.74) is 5.20. The van der Waals surface area contributed by atoms with Gasteiger partial charge in [0.15, 0.2) is 0 Å². The van der Waals surface area contributed by atoms with E-state index < -0.39 is 5.97 Å². The minimum atomic E-state index is -0.949. The molecule has 1 aliphatic rings. The molecule has 0 unspecified atom stereocenters. The van der Waals surface area contributed by atoms with Crippen LogP contribution < -0.4 is 4.90 Å². The van der Waals surface area contributed by atoms with Gasteiger partial charge in [-0.3, -0.25) is 0 Å². The second kappa shape index (κ2) is 8.79. The Hall–Kier alpha value is -4.11. The van der Waals surface area contributed by atoms with Gasteiger partial charge in [0.05, 0.1) is 34.8 Å². The molecule has 5 rings (SSSR count). The Morgan fingerprint density at radius 2 is 1.73 bits per heavy atom. The van der Waals surface area contributed by atoms with Crippen LogP contribution in [0.5, 0.6) is 0 Å². The SMILES string of the molecule is N#Cc1ccccc1-c1ccc(Cn2c(N3CCCCC3)nc3cccc(C(=O)O)c32)cc1. The van der Waals surface area contributed by atoms with Gasteiger partial charge in [-0.25, -0.2) is 9.78 Å². The number of anilines is 1. The van der Waals surface area contributed by atoms with Crippen molar-refractivity contribution in [3.8, 4) is 17.2 Å². The van der Waals surface area contributed by atoms with Crippen molar-refractivity contribution in [1.82, 2.24) is 9.55 Å². The van der Waals surface area contributed by atoms with Gasteiger partial charge in [0.1, 0.15) is 0 Å². The zero-order valence-electron chi connectivity index (χ0n) is 18.2. The highest BCUT2D eigenvalue weighted by Gasteiger charge is 2.22. The van der Waals surface area contributed by atoms with Gasteiger partial charge in [0.25, 0.3) is 0 Å². The van der Waals surface area contributed by atoms with Crippen molar-refractivity contribution in [2.45, 2.75) is 25.8 Å². The van der Waals surface area contributed by atoms with Gasteiger partial charge in [-0.05, 0) is 54.2 Å². The molecule has 6 nitrogen and oxygen atoms in total. The van der Waals surface area contributed by atoms with Crippen LogP contribution in [-0.2, 0) is 6.54 Å². The molecule has 0 radical (unpaired) electrons. The maximum Gasteiger partial charge on any atom is 0.337 e. The molecule has 0 atom stereocenters. The fraction of sp³-hybridized carbons (Fsp3) is 0.222. The third kappa shape index (κ3) is 3.94. The quantitative estimate of drug-likeness (QED) is 0.458. The van der Waals surface area contributed by atoms with Crippen LogP contribution in [0, 0.1) is 11.3 Å². The smallest absolute Gasteiger partial charge is 0.337 e. The minimum Gasteiger partial charge on any atom is -0.478 e. The number of aromatic carboxylic acids is 1. The average molecular weight is 437 g/mol. The predicted molar refractivity (Wildman–Crippen MR) is 128 cm³/mol. The van der Waals surface area contributed by atoms with Crippen LogP contribution in [-0.4, -0.2) is 33.7 Å². The zero-order valence-corrected chi connectivity index (χ0v) is 18.2. The Balaban J connectivity index is 1.56. The molecular formula is C27H24N4O2. The normalized spacial score (nSPS) is 13.7. The molecule has 33 heavy (non-hydrogen) atoms. The third-order valence-corrected chi connectivity index (χ3v) is 6.27. The number of hydrogen-bond donors (Lipinski definition) is 1. The number of nitriles is 1. The van der Waals surface area contributed by atoms with Gasteiger partial charge in [0.2, 0.25) is 5.95 Å². The van der Waals surface area contributed by atoms with E-state index in [4.69, 9.17) is 4.98 Å². The van der Waals surface area contributed by atoms with Crippen molar-refractivity contribution in [2.24, 2.45) is 0 Å². The second-order valence-electron chi connectivity index (χ2n) is 8.38. The summed E-state index contributed by atoms with van der Waals surface area (Å²) in [6.45, 7) is 2.37. The predicted octanol–water partition coefficient (Wildman–Crippen LogP) is 5.31. The summed E-state index contributed by atoms with van der Waals surface area (Å²) < 4.78 is 2.04. The van der Waals surface area contributed by atoms with Crippen LogP contribution in [0.4, 0.5) is 5.95 Å². The summed E-state index contributed by atoms with van der Waals surface area (Å²) in [5.74, 6) is -0.118. The van der Waals surface area contributed by atoms with Crippen molar-refractivity contribution >= 4 is 23.0 Å². The number of imidazole rings is 1. The first kappa shape index (κ1) is 20.8. The molecular weight excluding hydrogens is 412 g/mol. The topological polar surface area (TPSA) is 82.2 Å². The Morgan fingerprint density at radius 1 is 0.970 bits per heavy atom. The van der Waals surface area contributed by atoms with Gasteiger partial charge < -0.3 is 14.6 Å². The summed E-state index contributed by atoms with van der Waals surface area (Å²) in [4.78, 5) is 19.1. The van der Waals surface area contributed by atoms with E-state index in [1.165, 1.54) is 6.42 Å². The van der Waals surface area contributed by atoms with E-state index in [-0.39, 0.29) is 5.56 Å². The van der Waals surface area contributed by atoms with E-state index in [0.717, 1.165) is 48.6 Å². The number of benzene rings is 3. The average Bonchev–Trinajstić information content (AvgIpc) is 3.23. The lowest BCUT2D eigenvalue weighted by atomic mass is 9.99. The van der Waals surface area contributed by atoms with Crippen molar-refractivity contribution in [2.75, 3.05) is 18.0 Å².